The van der Waals surface area contributed by atoms with Crippen molar-refractivity contribution in [2.75, 3.05) is 139 Å². The van der Waals surface area contributed by atoms with Crippen LogP contribution in [0.5, 0.6) is 0 Å². The summed E-state index contributed by atoms with van der Waals surface area (Å²) in [6.45, 7) is 11.4. The van der Waals surface area contributed by atoms with E-state index in [1.165, 1.54) is 34.6 Å². The lowest BCUT2D eigenvalue weighted by molar-refractivity contribution is -0.279. The van der Waals surface area contributed by atoms with Crippen LogP contribution in [0.4, 0.5) is 0 Å². The maximum Gasteiger partial charge on any atom is 0.303 e. The minimum Gasteiger partial charge on any atom is -0.463 e. The van der Waals surface area contributed by atoms with Gasteiger partial charge in [0.15, 0.2) is 24.8 Å². The average Bonchev–Trinajstić information content (AvgIpc) is 3.42. The van der Waals surface area contributed by atoms with Gasteiger partial charge in [-0.2, -0.15) is 0 Å². The first kappa shape index (κ1) is 73.0. The summed E-state index contributed by atoms with van der Waals surface area (Å²) < 4.78 is 89.3. The quantitative estimate of drug-likeness (QED) is 0.0140. The molecule has 2 fully saturated rings. The van der Waals surface area contributed by atoms with E-state index in [1.807, 2.05) is 0 Å². The average molecular weight is 1190 g/mol. The lowest BCUT2D eigenvalue weighted by Gasteiger charge is -2.44. The fourth-order valence-corrected chi connectivity index (χ4v) is 7.72. The van der Waals surface area contributed by atoms with Crippen LogP contribution in [0.2, 0.25) is 0 Å². The lowest BCUT2D eigenvalue weighted by atomic mass is 9.96. The number of carbonyl (C=O) groups excluding carboxylic acids is 9. The summed E-state index contributed by atoms with van der Waals surface area (Å²) in [6, 6.07) is -1.91. The van der Waals surface area contributed by atoms with E-state index in [9.17, 15) is 43.2 Å². The Labute approximate surface area is 477 Å². The number of hydrogen-bond acceptors (Lipinski definition) is 28. The molecule has 0 aromatic rings. The van der Waals surface area contributed by atoms with E-state index in [0.717, 1.165) is 20.1 Å². The van der Waals surface area contributed by atoms with Gasteiger partial charge in [0.1, 0.15) is 43.8 Å². The first-order chi connectivity index (χ1) is 39.2. The minimum absolute atomic E-state index is 0.0116. The van der Waals surface area contributed by atoms with Crippen LogP contribution in [-0.2, 0) is 124 Å². The van der Waals surface area contributed by atoms with Crippen molar-refractivity contribution in [3.05, 3.63) is 0 Å². The van der Waals surface area contributed by atoms with Crippen molar-refractivity contribution in [2.24, 2.45) is 5.73 Å². The zero-order chi connectivity index (χ0) is 60.5. The standard InChI is InChI=1S/C51H87N5O26/c1-34(58)55-45-42(78-38(5)62)28-41(29-75-36(3)60)81-49(45)73-26-24-68-22-20-66-18-11-53-44(65)10-17-72-33-51(52,31-70-14-8-13-57)32-71-15-9-16-77-54-12-19-67-21-23-69-25-27-74-50-46(56-35(2)59)48(80-40(7)64)47(79-39(6)63)43(82-50)30-76-37(4)61/h13,41-43,45-50,54H,8-12,14-33,52H2,1-7H3,(H,53,65)(H,55,58)(H,56,59). The highest BCUT2D eigenvalue weighted by molar-refractivity contribution is 5.76. The van der Waals surface area contributed by atoms with Gasteiger partial charge in [-0.15, -0.1) is 0 Å². The minimum atomic E-state index is -1.24. The molecule has 2 aliphatic rings. The molecule has 0 aromatic carbocycles. The van der Waals surface area contributed by atoms with Crippen LogP contribution in [0.25, 0.3) is 0 Å². The number of esters is 5. The summed E-state index contributed by atoms with van der Waals surface area (Å²) in [5, 5.41) is 8.08. The van der Waals surface area contributed by atoms with Crippen molar-refractivity contribution in [3.8, 4) is 0 Å². The molecule has 2 aliphatic heterocycles. The monoisotopic (exact) mass is 1190 g/mol. The highest BCUT2D eigenvalue weighted by Gasteiger charge is 2.51. The van der Waals surface area contributed by atoms with Crippen LogP contribution in [0, 0.1) is 0 Å². The lowest BCUT2D eigenvalue weighted by Crippen LogP contribution is -2.66. The van der Waals surface area contributed by atoms with E-state index in [1.54, 1.807) is 0 Å². The molecule has 472 valence electrons. The van der Waals surface area contributed by atoms with Crippen LogP contribution >= 0.6 is 0 Å². The number of aldehydes is 1. The normalized spacial score (nSPS) is 22.2. The molecule has 3 amide bonds. The van der Waals surface area contributed by atoms with E-state index < -0.39 is 96.5 Å². The van der Waals surface area contributed by atoms with Gasteiger partial charge < -0.3 is 107 Å². The third-order valence-corrected chi connectivity index (χ3v) is 11.1. The Kier molecular flexibility index (Phi) is 38.7. The third-order valence-electron chi connectivity index (χ3n) is 11.1. The zero-order valence-electron chi connectivity index (χ0n) is 48.1. The Morgan fingerprint density at radius 3 is 1.62 bits per heavy atom. The van der Waals surface area contributed by atoms with Gasteiger partial charge in [0.25, 0.3) is 0 Å². The second-order valence-corrected chi connectivity index (χ2v) is 18.6. The predicted molar refractivity (Wildman–Crippen MR) is 279 cm³/mol. The first-order valence-corrected chi connectivity index (χ1v) is 27.0. The maximum atomic E-state index is 12.4. The van der Waals surface area contributed by atoms with Crippen LogP contribution in [0.1, 0.15) is 74.1 Å². The number of nitrogens with two attached hydrogens (primary N) is 1. The molecule has 6 N–H and O–H groups in total. The molecule has 2 saturated heterocycles. The van der Waals surface area contributed by atoms with E-state index in [4.69, 9.17) is 86.4 Å². The molecule has 0 saturated carbocycles. The number of ether oxygens (including phenoxy) is 16. The van der Waals surface area contributed by atoms with Crippen molar-refractivity contribution < 1.29 is 124 Å². The Hall–Kier alpha value is -5.13. The second kappa shape index (κ2) is 43.5. The number of carbonyl (C=O) groups is 9. The molecule has 10 unspecified atom stereocenters. The maximum absolute atomic E-state index is 12.4. The molecule has 0 radical (unpaired) electrons. The number of hydrogen-bond donors (Lipinski definition) is 5. The molecule has 2 heterocycles. The van der Waals surface area contributed by atoms with E-state index >= 15 is 0 Å². The molecule has 10 atom stereocenters. The second-order valence-electron chi connectivity index (χ2n) is 18.6. The fourth-order valence-electron chi connectivity index (χ4n) is 7.72. The van der Waals surface area contributed by atoms with E-state index in [-0.39, 0.29) is 143 Å². The van der Waals surface area contributed by atoms with Gasteiger partial charge in [0.05, 0.1) is 117 Å². The van der Waals surface area contributed by atoms with Crippen LogP contribution < -0.4 is 27.2 Å². The summed E-state index contributed by atoms with van der Waals surface area (Å²) in [7, 11) is 0. The zero-order valence-corrected chi connectivity index (χ0v) is 48.1. The van der Waals surface area contributed by atoms with Crippen molar-refractivity contribution in [3.63, 3.8) is 0 Å². The summed E-state index contributed by atoms with van der Waals surface area (Å²) in [5.41, 5.74) is 8.28. The Morgan fingerprint density at radius 1 is 0.537 bits per heavy atom. The number of amides is 3. The Bertz CT molecular complexity index is 1890. The largest absolute Gasteiger partial charge is 0.463 e. The van der Waals surface area contributed by atoms with Gasteiger partial charge in [0.2, 0.25) is 17.7 Å². The van der Waals surface area contributed by atoms with E-state index in [2.05, 4.69) is 21.4 Å². The summed E-state index contributed by atoms with van der Waals surface area (Å²) >= 11 is 0. The topological polar surface area (TPSA) is 385 Å². The predicted octanol–water partition coefficient (Wildman–Crippen LogP) is -2.39. The highest BCUT2D eigenvalue weighted by Crippen LogP contribution is 2.28. The van der Waals surface area contributed by atoms with Crippen molar-refractivity contribution in [1.29, 1.82) is 0 Å². The van der Waals surface area contributed by atoms with Gasteiger partial charge >= 0.3 is 29.8 Å². The molecule has 0 aliphatic carbocycles. The highest BCUT2D eigenvalue weighted by atomic mass is 16.7. The van der Waals surface area contributed by atoms with Gasteiger partial charge in [-0.05, 0) is 6.42 Å². The smallest absolute Gasteiger partial charge is 0.303 e. The first-order valence-electron chi connectivity index (χ1n) is 27.0. The molecular formula is C51H87N5O26. The van der Waals surface area contributed by atoms with Gasteiger partial charge in [-0.25, -0.2) is 5.48 Å². The van der Waals surface area contributed by atoms with Crippen LogP contribution in [0.15, 0.2) is 0 Å². The molecule has 0 aromatic heterocycles. The number of hydroxylamine groups is 1. The van der Waals surface area contributed by atoms with Crippen LogP contribution in [0.3, 0.4) is 0 Å². The van der Waals surface area contributed by atoms with Crippen molar-refractivity contribution >= 4 is 53.9 Å². The summed E-state index contributed by atoms with van der Waals surface area (Å²) in [6.07, 6.45) is -5.56. The van der Waals surface area contributed by atoms with Gasteiger partial charge in [-0.3, -0.25) is 38.4 Å². The third kappa shape index (κ3) is 34.5. The Morgan fingerprint density at radius 2 is 1.05 bits per heavy atom. The van der Waals surface area contributed by atoms with Crippen LogP contribution in [-0.4, -0.2) is 253 Å². The van der Waals surface area contributed by atoms with E-state index in [0.29, 0.717) is 32.8 Å². The molecule has 0 bridgehead atoms. The Balaban J connectivity index is 1.58. The number of nitrogens with one attached hydrogen (secondary N) is 4. The van der Waals surface area contributed by atoms with Gasteiger partial charge in [0, 0.05) is 87.4 Å². The number of rotatable bonds is 46. The molecule has 0 spiro atoms. The van der Waals surface area contributed by atoms with Crippen molar-refractivity contribution in [2.45, 2.75) is 135 Å². The summed E-state index contributed by atoms with van der Waals surface area (Å²) in [4.78, 5) is 111. The fraction of sp³-hybridized carbons (Fsp3) is 0.824. The molecular weight excluding hydrogens is 1100 g/mol. The molecule has 82 heavy (non-hydrogen) atoms. The van der Waals surface area contributed by atoms with Gasteiger partial charge in [-0.1, -0.05) is 0 Å². The van der Waals surface area contributed by atoms with Crippen molar-refractivity contribution in [1.82, 2.24) is 21.4 Å². The SMILES string of the molecule is CC(=O)NC1C(OC(C)=O)CC(COC(C)=O)OC1OCCOCCOCCNC(=O)CCOCC(N)(COCCC=O)COCCCONCCOCCOCCOC1OC(COC(C)=O)C(OC(C)=O)C(OC(C)=O)C1NC(C)=O. The molecule has 2 rings (SSSR count). The molecule has 31 nitrogen and oxygen atoms in total. The summed E-state index contributed by atoms with van der Waals surface area (Å²) in [5.74, 6) is -4.28. The molecule has 31 heteroatoms.